The van der Waals surface area contributed by atoms with E-state index in [1.165, 1.54) is 5.56 Å². The lowest BCUT2D eigenvalue weighted by atomic mass is 9.74. The topological polar surface area (TPSA) is 85.6 Å². The Balaban J connectivity index is 1.69. The van der Waals surface area contributed by atoms with Crippen molar-refractivity contribution in [2.75, 3.05) is 40.0 Å². The van der Waals surface area contributed by atoms with Gasteiger partial charge in [-0.25, -0.2) is 0 Å². The average molecular weight is 415 g/mol. The van der Waals surface area contributed by atoms with E-state index in [1.807, 2.05) is 12.1 Å². The summed E-state index contributed by atoms with van der Waals surface area (Å²) in [6, 6.07) is 8.39. The Kier molecular flexibility index (Phi) is 8.07. The lowest BCUT2D eigenvalue weighted by Crippen LogP contribution is -2.42. The zero-order valence-electron chi connectivity index (χ0n) is 18.4. The van der Waals surface area contributed by atoms with Crippen LogP contribution in [0.5, 0.6) is 5.75 Å². The van der Waals surface area contributed by atoms with Crippen LogP contribution in [0.15, 0.2) is 35.6 Å². The highest BCUT2D eigenvalue weighted by Crippen LogP contribution is 2.36. The van der Waals surface area contributed by atoms with E-state index in [0.717, 1.165) is 69.6 Å². The molecule has 1 fully saturated rings. The van der Waals surface area contributed by atoms with Crippen LogP contribution in [0, 0.1) is 0 Å². The predicted molar refractivity (Wildman–Crippen MR) is 118 cm³/mol. The average Bonchev–Trinajstić information content (AvgIpc) is 3.25. The Hall–Kier alpha value is -2.61. The fourth-order valence-electron chi connectivity index (χ4n) is 3.85. The fourth-order valence-corrected chi connectivity index (χ4v) is 3.85. The molecule has 1 aliphatic heterocycles. The van der Waals surface area contributed by atoms with Gasteiger partial charge in [-0.1, -0.05) is 19.1 Å². The Morgan fingerprint density at radius 3 is 2.63 bits per heavy atom. The molecular formula is C22H34N6O2. The minimum atomic E-state index is -0.0173. The molecular weight excluding hydrogens is 380 g/mol. The van der Waals surface area contributed by atoms with Crippen molar-refractivity contribution in [3.63, 3.8) is 0 Å². The third-order valence-corrected chi connectivity index (χ3v) is 5.69. The highest BCUT2D eigenvalue weighted by Gasteiger charge is 2.34. The summed E-state index contributed by atoms with van der Waals surface area (Å²) in [7, 11) is 1.70. The quantitative estimate of drug-likeness (QED) is 0.483. The van der Waals surface area contributed by atoms with E-state index in [9.17, 15) is 0 Å². The Bertz CT molecular complexity index is 796. The summed E-state index contributed by atoms with van der Waals surface area (Å²) in [6.07, 6.45) is 4.58. The van der Waals surface area contributed by atoms with Gasteiger partial charge < -0.3 is 24.7 Å². The number of hydrogen-bond donors (Lipinski definition) is 2. The third-order valence-electron chi connectivity index (χ3n) is 5.69. The monoisotopic (exact) mass is 414 g/mol. The number of aromatic nitrogens is 3. The van der Waals surface area contributed by atoms with Crippen LogP contribution in [0.2, 0.25) is 0 Å². The standard InChI is InChI=1S/C22H34N6O2/c1-4-20-27-26-17-28(20)13-12-24-21(23-5-2)25-16-22(10-14-30-15-11-22)18-6-8-19(29-3)9-7-18/h6-9,17H,4-5,10-16H2,1-3H3,(H2,23,24,25). The molecule has 1 aromatic carbocycles. The molecule has 0 aliphatic carbocycles. The number of methoxy groups -OCH3 is 1. The molecule has 0 spiro atoms. The van der Waals surface area contributed by atoms with Crippen LogP contribution in [-0.4, -0.2) is 60.7 Å². The van der Waals surface area contributed by atoms with Crippen LogP contribution < -0.4 is 15.4 Å². The zero-order valence-corrected chi connectivity index (χ0v) is 18.4. The lowest BCUT2D eigenvalue weighted by molar-refractivity contribution is 0.0531. The Morgan fingerprint density at radius 1 is 1.20 bits per heavy atom. The van der Waals surface area contributed by atoms with Crippen molar-refractivity contribution in [2.45, 2.75) is 45.1 Å². The van der Waals surface area contributed by atoms with E-state index in [-0.39, 0.29) is 5.41 Å². The van der Waals surface area contributed by atoms with Crippen molar-refractivity contribution < 1.29 is 9.47 Å². The van der Waals surface area contributed by atoms with Gasteiger partial charge >= 0.3 is 0 Å². The summed E-state index contributed by atoms with van der Waals surface area (Å²) in [4.78, 5) is 4.96. The highest BCUT2D eigenvalue weighted by molar-refractivity contribution is 5.79. The predicted octanol–water partition coefficient (Wildman–Crippen LogP) is 2.15. The van der Waals surface area contributed by atoms with Crippen molar-refractivity contribution in [3.8, 4) is 5.75 Å². The first-order valence-electron chi connectivity index (χ1n) is 10.8. The molecule has 164 valence electrons. The molecule has 2 aromatic rings. The van der Waals surface area contributed by atoms with Crippen molar-refractivity contribution in [1.82, 2.24) is 25.4 Å². The summed E-state index contributed by atoms with van der Waals surface area (Å²) >= 11 is 0. The maximum atomic E-state index is 5.65. The molecule has 0 radical (unpaired) electrons. The first-order chi connectivity index (χ1) is 14.7. The molecule has 8 nitrogen and oxygen atoms in total. The van der Waals surface area contributed by atoms with Crippen molar-refractivity contribution in [2.24, 2.45) is 4.99 Å². The van der Waals surface area contributed by atoms with E-state index in [1.54, 1.807) is 13.4 Å². The second kappa shape index (κ2) is 11.0. The minimum Gasteiger partial charge on any atom is -0.497 e. The van der Waals surface area contributed by atoms with Gasteiger partial charge in [0.15, 0.2) is 5.96 Å². The van der Waals surface area contributed by atoms with E-state index in [0.29, 0.717) is 6.54 Å². The number of benzene rings is 1. The number of aliphatic imine (C=N–C) groups is 1. The van der Waals surface area contributed by atoms with Gasteiger partial charge in [0.2, 0.25) is 0 Å². The minimum absolute atomic E-state index is 0.0173. The molecule has 1 aromatic heterocycles. The van der Waals surface area contributed by atoms with Gasteiger partial charge in [-0.2, -0.15) is 0 Å². The molecule has 2 N–H and O–H groups in total. The summed E-state index contributed by atoms with van der Waals surface area (Å²) in [6.45, 7) is 8.79. The molecule has 30 heavy (non-hydrogen) atoms. The fraction of sp³-hybridized carbons (Fsp3) is 0.591. The summed E-state index contributed by atoms with van der Waals surface area (Å²) in [5, 5.41) is 15.0. The number of nitrogens with one attached hydrogen (secondary N) is 2. The summed E-state index contributed by atoms with van der Waals surface area (Å²) in [5.74, 6) is 2.71. The van der Waals surface area contributed by atoms with Crippen LogP contribution >= 0.6 is 0 Å². The SMILES string of the molecule is CCNC(=NCC1(c2ccc(OC)cc2)CCOCC1)NCCn1cnnc1CC. The molecule has 0 atom stereocenters. The van der Waals surface area contributed by atoms with Crippen LogP contribution in [-0.2, 0) is 23.1 Å². The van der Waals surface area contributed by atoms with Gasteiger partial charge in [0.05, 0.1) is 13.7 Å². The van der Waals surface area contributed by atoms with E-state index < -0.39 is 0 Å². The highest BCUT2D eigenvalue weighted by atomic mass is 16.5. The molecule has 1 saturated heterocycles. The lowest BCUT2D eigenvalue weighted by Gasteiger charge is -2.36. The molecule has 0 amide bonds. The molecule has 8 heteroatoms. The van der Waals surface area contributed by atoms with Crippen LogP contribution in [0.4, 0.5) is 0 Å². The van der Waals surface area contributed by atoms with E-state index in [2.05, 4.69) is 51.4 Å². The number of hydrogen-bond acceptors (Lipinski definition) is 5. The van der Waals surface area contributed by atoms with Gasteiger partial charge in [-0.3, -0.25) is 4.99 Å². The Labute approximate surface area is 179 Å². The summed E-state index contributed by atoms with van der Waals surface area (Å²) in [5.41, 5.74) is 1.28. The molecule has 3 rings (SSSR count). The van der Waals surface area contributed by atoms with E-state index >= 15 is 0 Å². The largest absolute Gasteiger partial charge is 0.497 e. The van der Waals surface area contributed by atoms with Crippen LogP contribution in [0.25, 0.3) is 0 Å². The van der Waals surface area contributed by atoms with Crippen LogP contribution in [0.1, 0.15) is 38.1 Å². The summed E-state index contributed by atoms with van der Waals surface area (Å²) < 4.78 is 13.1. The van der Waals surface area contributed by atoms with Crippen molar-refractivity contribution in [3.05, 3.63) is 42.0 Å². The first-order valence-corrected chi connectivity index (χ1v) is 10.8. The molecule has 0 unspecified atom stereocenters. The number of guanidine groups is 1. The van der Waals surface area contributed by atoms with Gasteiger partial charge in [0.25, 0.3) is 0 Å². The van der Waals surface area contributed by atoms with E-state index in [4.69, 9.17) is 14.5 Å². The number of ether oxygens (including phenoxy) is 2. The van der Waals surface area contributed by atoms with Crippen molar-refractivity contribution in [1.29, 1.82) is 0 Å². The van der Waals surface area contributed by atoms with Gasteiger partial charge in [-0.15, -0.1) is 10.2 Å². The number of aryl methyl sites for hydroxylation is 1. The van der Waals surface area contributed by atoms with Gasteiger partial charge in [-0.05, 0) is 37.5 Å². The maximum Gasteiger partial charge on any atom is 0.191 e. The van der Waals surface area contributed by atoms with Crippen molar-refractivity contribution >= 4 is 5.96 Å². The number of nitrogens with zero attached hydrogens (tertiary/aromatic N) is 4. The maximum absolute atomic E-state index is 5.65. The molecule has 2 heterocycles. The molecule has 0 bridgehead atoms. The second-order valence-corrected chi connectivity index (χ2v) is 7.54. The second-order valence-electron chi connectivity index (χ2n) is 7.54. The van der Waals surface area contributed by atoms with Gasteiger partial charge in [0.1, 0.15) is 17.9 Å². The normalized spacial score (nSPS) is 16.3. The smallest absolute Gasteiger partial charge is 0.191 e. The zero-order chi connectivity index (χ0) is 21.2. The van der Waals surface area contributed by atoms with Crippen LogP contribution in [0.3, 0.4) is 0 Å². The molecule has 1 aliphatic rings. The molecule has 0 saturated carbocycles. The Morgan fingerprint density at radius 2 is 1.97 bits per heavy atom. The number of rotatable bonds is 9. The van der Waals surface area contributed by atoms with Gasteiger partial charge in [0, 0.05) is 44.7 Å². The first kappa shape index (κ1) is 22.1. The third kappa shape index (κ3) is 5.50.